The summed E-state index contributed by atoms with van der Waals surface area (Å²) in [6.45, 7) is 5.90. The molecule has 1 aromatic carbocycles. The summed E-state index contributed by atoms with van der Waals surface area (Å²) in [6.07, 6.45) is 3.69. The topological polar surface area (TPSA) is 62.3 Å². The fraction of sp³-hybridized carbons (Fsp3) is 0.450. The molecule has 0 aliphatic carbocycles. The van der Waals surface area contributed by atoms with Crippen LogP contribution in [0.5, 0.6) is 5.75 Å². The maximum atomic E-state index is 5.41. The molecule has 0 amide bonds. The lowest BCUT2D eigenvalue weighted by Crippen LogP contribution is -2.38. The molecule has 1 aliphatic heterocycles. The molecular weight excluding hydrogens is 358 g/mol. The van der Waals surface area contributed by atoms with E-state index in [2.05, 4.69) is 32.4 Å². The van der Waals surface area contributed by atoms with Gasteiger partial charge in [0.1, 0.15) is 11.6 Å². The van der Waals surface area contributed by atoms with Crippen LogP contribution in [-0.2, 0) is 6.54 Å². The highest BCUT2D eigenvalue weighted by atomic mass is 32.1. The van der Waals surface area contributed by atoms with E-state index < -0.39 is 0 Å². The third kappa shape index (κ3) is 5.29. The van der Waals surface area contributed by atoms with Gasteiger partial charge in [0.2, 0.25) is 5.95 Å². The van der Waals surface area contributed by atoms with Crippen LogP contribution in [0.25, 0.3) is 0 Å². The van der Waals surface area contributed by atoms with Crippen LogP contribution in [-0.4, -0.2) is 34.8 Å². The minimum Gasteiger partial charge on any atom is -0.497 e. The van der Waals surface area contributed by atoms with E-state index in [1.165, 1.54) is 19.3 Å². The second-order valence-electron chi connectivity index (χ2n) is 6.89. The average molecular weight is 386 g/mol. The smallest absolute Gasteiger partial charge is 0.231 e. The first-order valence-corrected chi connectivity index (χ1v) is 9.76. The molecule has 1 atom stereocenters. The number of aromatic nitrogens is 2. The first kappa shape index (κ1) is 19.4. The molecule has 6 nitrogen and oxygen atoms in total. The number of benzene rings is 1. The lowest BCUT2D eigenvalue weighted by atomic mass is 10.0. The number of ether oxygens (including phenoxy) is 1. The molecule has 0 bridgehead atoms. The predicted octanol–water partition coefficient (Wildman–Crippen LogP) is 3.66. The summed E-state index contributed by atoms with van der Waals surface area (Å²) >= 11 is 5.41. The van der Waals surface area contributed by atoms with E-state index in [4.69, 9.17) is 17.0 Å². The molecule has 1 aliphatic rings. The first-order chi connectivity index (χ1) is 13.0. The van der Waals surface area contributed by atoms with Crippen LogP contribution >= 0.6 is 12.2 Å². The minimum absolute atomic E-state index is 0.501. The summed E-state index contributed by atoms with van der Waals surface area (Å²) in [5, 5.41) is 6.82. The fourth-order valence-corrected chi connectivity index (χ4v) is 3.43. The van der Waals surface area contributed by atoms with Crippen LogP contribution in [0, 0.1) is 6.92 Å². The van der Waals surface area contributed by atoms with Crippen molar-refractivity contribution in [3.8, 4) is 5.75 Å². The van der Waals surface area contributed by atoms with E-state index in [9.17, 15) is 0 Å². The standard InChI is InChI=1S/C20H27N5OS/c1-14-12-18(25-11-5-4-6-15(25)2)23-19(22-14)24-20(27)21-13-16-7-9-17(26-3)10-8-16/h7-10,12,15H,4-6,11,13H2,1-3H3,(H2,21,22,23,24,27)/t15-/m1/s1. The van der Waals surface area contributed by atoms with Crippen molar-refractivity contribution in [1.82, 2.24) is 15.3 Å². The van der Waals surface area contributed by atoms with Gasteiger partial charge in [-0.3, -0.25) is 0 Å². The van der Waals surface area contributed by atoms with Crippen LogP contribution in [0.1, 0.15) is 37.4 Å². The highest BCUT2D eigenvalue weighted by molar-refractivity contribution is 7.80. The van der Waals surface area contributed by atoms with Crippen LogP contribution < -0.4 is 20.3 Å². The van der Waals surface area contributed by atoms with E-state index >= 15 is 0 Å². The van der Waals surface area contributed by atoms with Crippen molar-refractivity contribution < 1.29 is 4.74 Å². The van der Waals surface area contributed by atoms with E-state index in [0.29, 0.717) is 23.6 Å². The number of methoxy groups -OCH3 is 1. The third-order valence-electron chi connectivity index (χ3n) is 4.78. The van der Waals surface area contributed by atoms with Crippen LogP contribution in [0.3, 0.4) is 0 Å². The quantitative estimate of drug-likeness (QED) is 0.762. The molecule has 144 valence electrons. The summed E-state index contributed by atoms with van der Waals surface area (Å²) in [7, 11) is 1.66. The van der Waals surface area contributed by atoms with Crippen LogP contribution in [0.4, 0.5) is 11.8 Å². The molecule has 1 fully saturated rings. The van der Waals surface area contributed by atoms with Crippen molar-refractivity contribution in [3.63, 3.8) is 0 Å². The van der Waals surface area contributed by atoms with Crippen molar-refractivity contribution in [2.24, 2.45) is 0 Å². The van der Waals surface area contributed by atoms with Gasteiger partial charge in [-0.2, -0.15) is 4.98 Å². The first-order valence-electron chi connectivity index (χ1n) is 9.35. The highest BCUT2D eigenvalue weighted by Crippen LogP contribution is 2.24. The van der Waals surface area contributed by atoms with Crippen LogP contribution in [0.15, 0.2) is 30.3 Å². The lowest BCUT2D eigenvalue weighted by Gasteiger charge is -2.34. The Labute approximate surface area is 166 Å². The van der Waals surface area contributed by atoms with Gasteiger partial charge in [0.05, 0.1) is 7.11 Å². The summed E-state index contributed by atoms with van der Waals surface area (Å²) in [6, 6.07) is 10.4. The van der Waals surface area contributed by atoms with Crippen molar-refractivity contribution in [3.05, 3.63) is 41.6 Å². The van der Waals surface area contributed by atoms with Gasteiger partial charge in [-0.25, -0.2) is 4.98 Å². The number of rotatable bonds is 5. The lowest BCUT2D eigenvalue weighted by molar-refractivity contribution is 0.414. The molecular formula is C20H27N5OS. The summed E-state index contributed by atoms with van der Waals surface area (Å²) in [5.74, 6) is 2.34. The SMILES string of the molecule is COc1ccc(CNC(=S)Nc2nc(C)cc(N3CCCC[C@H]3C)n2)cc1. The van der Waals surface area contributed by atoms with Crippen LogP contribution in [0.2, 0.25) is 0 Å². The number of aryl methyl sites for hydroxylation is 1. The zero-order valence-electron chi connectivity index (χ0n) is 16.2. The van der Waals surface area contributed by atoms with Gasteiger partial charge >= 0.3 is 0 Å². The molecule has 0 spiro atoms. The number of anilines is 2. The van der Waals surface area contributed by atoms with E-state index in [1.807, 2.05) is 37.3 Å². The number of thiocarbonyl (C=S) groups is 1. The second-order valence-corrected chi connectivity index (χ2v) is 7.29. The number of piperidine rings is 1. The Bertz CT molecular complexity index is 780. The summed E-state index contributed by atoms with van der Waals surface area (Å²) in [4.78, 5) is 11.5. The Balaban J connectivity index is 1.61. The number of nitrogens with zero attached hydrogens (tertiary/aromatic N) is 3. The Morgan fingerprint density at radius 3 is 2.74 bits per heavy atom. The van der Waals surface area contributed by atoms with Gasteiger partial charge in [-0.05, 0) is 63.0 Å². The van der Waals surface area contributed by atoms with Gasteiger partial charge in [-0.1, -0.05) is 12.1 Å². The summed E-state index contributed by atoms with van der Waals surface area (Å²) in [5.41, 5.74) is 2.05. The number of hydrogen-bond donors (Lipinski definition) is 2. The molecule has 3 rings (SSSR count). The minimum atomic E-state index is 0.501. The maximum Gasteiger partial charge on any atom is 0.231 e. The van der Waals surface area contributed by atoms with Gasteiger partial charge in [0, 0.05) is 30.9 Å². The van der Waals surface area contributed by atoms with E-state index in [1.54, 1.807) is 7.11 Å². The van der Waals surface area contributed by atoms with Gasteiger partial charge in [-0.15, -0.1) is 0 Å². The van der Waals surface area contributed by atoms with Gasteiger partial charge < -0.3 is 20.3 Å². The predicted molar refractivity (Wildman–Crippen MR) is 113 cm³/mol. The number of hydrogen-bond acceptors (Lipinski definition) is 5. The van der Waals surface area contributed by atoms with E-state index in [0.717, 1.165) is 29.4 Å². The zero-order chi connectivity index (χ0) is 19.2. The normalized spacial score (nSPS) is 16.7. The fourth-order valence-electron chi connectivity index (χ4n) is 3.26. The second kappa shape index (κ2) is 8.99. The van der Waals surface area contributed by atoms with Crippen molar-refractivity contribution in [1.29, 1.82) is 0 Å². The molecule has 2 aromatic rings. The number of nitrogens with one attached hydrogen (secondary N) is 2. The molecule has 0 unspecified atom stereocenters. The molecule has 1 aromatic heterocycles. The Morgan fingerprint density at radius 2 is 2.04 bits per heavy atom. The molecule has 27 heavy (non-hydrogen) atoms. The molecule has 0 saturated carbocycles. The van der Waals surface area contributed by atoms with E-state index in [-0.39, 0.29) is 0 Å². The van der Waals surface area contributed by atoms with Gasteiger partial charge in [0.25, 0.3) is 0 Å². The molecule has 2 N–H and O–H groups in total. The summed E-state index contributed by atoms with van der Waals surface area (Å²) < 4.78 is 5.17. The Hall–Kier alpha value is -2.41. The largest absolute Gasteiger partial charge is 0.497 e. The Kier molecular flexibility index (Phi) is 6.45. The monoisotopic (exact) mass is 385 g/mol. The maximum absolute atomic E-state index is 5.41. The molecule has 1 saturated heterocycles. The average Bonchev–Trinajstić information content (AvgIpc) is 2.66. The van der Waals surface area contributed by atoms with Crippen molar-refractivity contribution >= 4 is 29.1 Å². The van der Waals surface area contributed by atoms with Crippen molar-refractivity contribution in [2.75, 3.05) is 23.9 Å². The highest BCUT2D eigenvalue weighted by Gasteiger charge is 2.20. The third-order valence-corrected chi connectivity index (χ3v) is 5.02. The molecule has 2 heterocycles. The van der Waals surface area contributed by atoms with Gasteiger partial charge in [0.15, 0.2) is 5.11 Å². The Morgan fingerprint density at radius 1 is 1.26 bits per heavy atom. The zero-order valence-corrected chi connectivity index (χ0v) is 17.0. The van der Waals surface area contributed by atoms with Crippen molar-refractivity contribution in [2.45, 2.75) is 45.7 Å². The molecule has 0 radical (unpaired) electrons. The molecule has 7 heteroatoms.